The first-order chi connectivity index (χ1) is 10.4. The van der Waals surface area contributed by atoms with Crippen LogP contribution in [-0.4, -0.2) is 22.0 Å². The van der Waals surface area contributed by atoms with Gasteiger partial charge in [0.1, 0.15) is 4.60 Å². The molecule has 1 amide bonds. The van der Waals surface area contributed by atoms with Gasteiger partial charge in [-0.1, -0.05) is 12.1 Å². The van der Waals surface area contributed by atoms with Crippen molar-refractivity contribution >= 4 is 33.5 Å². The van der Waals surface area contributed by atoms with E-state index in [2.05, 4.69) is 26.2 Å². The van der Waals surface area contributed by atoms with Crippen LogP contribution in [0, 0.1) is 0 Å². The molecule has 4 N–H and O–H groups in total. The zero-order valence-electron chi connectivity index (χ0n) is 11.7. The lowest BCUT2D eigenvalue weighted by Crippen LogP contribution is -2.27. The van der Waals surface area contributed by atoms with E-state index in [4.69, 9.17) is 10.8 Å². The lowest BCUT2D eigenvalue weighted by Gasteiger charge is -2.15. The molecule has 1 atom stereocenters. The second-order valence-corrected chi connectivity index (χ2v) is 5.53. The van der Waals surface area contributed by atoms with Crippen LogP contribution in [0.1, 0.15) is 39.2 Å². The molecule has 0 saturated carbocycles. The number of carboxylic acid groups (broad SMARTS) is 1. The van der Waals surface area contributed by atoms with Gasteiger partial charge in [-0.15, -0.1) is 0 Å². The van der Waals surface area contributed by atoms with E-state index >= 15 is 0 Å². The van der Waals surface area contributed by atoms with E-state index in [0.717, 1.165) is 0 Å². The minimum Gasteiger partial charge on any atom is -0.478 e. The molecule has 7 heteroatoms. The Labute approximate surface area is 135 Å². The summed E-state index contributed by atoms with van der Waals surface area (Å²) < 4.78 is 0.545. The van der Waals surface area contributed by atoms with Gasteiger partial charge in [0.15, 0.2) is 0 Å². The maximum Gasteiger partial charge on any atom is 0.335 e. The zero-order chi connectivity index (χ0) is 16.3. The van der Waals surface area contributed by atoms with Crippen LogP contribution >= 0.6 is 15.9 Å². The summed E-state index contributed by atoms with van der Waals surface area (Å²) in [5, 5.41) is 11.8. The van der Waals surface area contributed by atoms with Crippen LogP contribution in [0.5, 0.6) is 0 Å². The SMILES string of the molecule is CC(NC(=O)c1cnc(Br)cc1N)c1cccc(C(=O)O)c1. The molecule has 0 radical (unpaired) electrons. The number of rotatable bonds is 4. The number of carbonyl (C=O) groups is 2. The molecular weight excluding hydrogens is 350 g/mol. The first-order valence-corrected chi connectivity index (χ1v) is 7.23. The number of nitrogen functional groups attached to an aromatic ring is 1. The van der Waals surface area contributed by atoms with Crippen molar-refractivity contribution in [3.05, 3.63) is 57.8 Å². The molecule has 2 aromatic rings. The van der Waals surface area contributed by atoms with Crippen LogP contribution < -0.4 is 11.1 Å². The highest BCUT2D eigenvalue weighted by Gasteiger charge is 2.15. The quantitative estimate of drug-likeness (QED) is 0.724. The molecule has 0 fully saturated rings. The fourth-order valence-corrected chi connectivity index (χ4v) is 2.28. The average Bonchev–Trinajstić information content (AvgIpc) is 2.47. The van der Waals surface area contributed by atoms with Gasteiger partial charge < -0.3 is 16.2 Å². The molecule has 0 aliphatic heterocycles. The standard InChI is InChI=1S/C15H14BrN3O3/c1-8(9-3-2-4-10(5-9)15(21)22)19-14(20)11-7-18-13(16)6-12(11)17/h2-8H,1H3,(H2,17,18)(H,19,20)(H,21,22). The van der Waals surface area contributed by atoms with Crippen LogP contribution in [0.15, 0.2) is 41.1 Å². The number of carbonyl (C=O) groups excluding carboxylic acids is 1. The molecule has 0 aliphatic rings. The average molecular weight is 364 g/mol. The normalized spacial score (nSPS) is 11.7. The van der Waals surface area contributed by atoms with E-state index < -0.39 is 5.97 Å². The van der Waals surface area contributed by atoms with Gasteiger partial charge >= 0.3 is 5.97 Å². The number of carboxylic acids is 1. The number of hydrogen-bond acceptors (Lipinski definition) is 4. The van der Waals surface area contributed by atoms with Gasteiger partial charge in [0.2, 0.25) is 0 Å². The fourth-order valence-electron chi connectivity index (χ4n) is 1.93. The second kappa shape index (κ2) is 6.57. The third-order valence-electron chi connectivity index (χ3n) is 3.13. The molecule has 2 rings (SSSR count). The number of pyridine rings is 1. The summed E-state index contributed by atoms with van der Waals surface area (Å²) in [5.41, 5.74) is 7.23. The largest absolute Gasteiger partial charge is 0.478 e. The van der Waals surface area contributed by atoms with Crippen LogP contribution in [0.3, 0.4) is 0 Å². The van der Waals surface area contributed by atoms with E-state index in [0.29, 0.717) is 15.9 Å². The highest BCUT2D eigenvalue weighted by atomic mass is 79.9. The molecule has 0 aliphatic carbocycles. The zero-order valence-corrected chi connectivity index (χ0v) is 13.3. The van der Waals surface area contributed by atoms with Gasteiger partial charge in [0.25, 0.3) is 5.91 Å². The number of halogens is 1. The van der Waals surface area contributed by atoms with Crippen molar-refractivity contribution in [3.63, 3.8) is 0 Å². The number of nitrogens with one attached hydrogen (secondary N) is 1. The van der Waals surface area contributed by atoms with Crippen LogP contribution in [-0.2, 0) is 0 Å². The fraction of sp³-hybridized carbons (Fsp3) is 0.133. The van der Waals surface area contributed by atoms with Crippen LogP contribution in [0.2, 0.25) is 0 Å². The summed E-state index contributed by atoms with van der Waals surface area (Å²) in [6, 6.07) is 7.59. The minimum absolute atomic E-state index is 0.170. The summed E-state index contributed by atoms with van der Waals surface area (Å²) in [5.74, 6) is -1.38. The summed E-state index contributed by atoms with van der Waals surface area (Å²) in [4.78, 5) is 27.2. The van der Waals surface area contributed by atoms with Gasteiger partial charge in [0, 0.05) is 11.9 Å². The Balaban J connectivity index is 2.17. The van der Waals surface area contributed by atoms with Crippen molar-refractivity contribution in [1.82, 2.24) is 10.3 Å². The van der Waals surface area contributed by atoms with Crippen molar-refractivity contribution in [2.24, 2.45) is 0 Å². The molecule has 0 saturated heterocycles. The molecule has 6 nitrogen and oxygen atoms in total. The number of nitrogens with two attached hydrogens (primary N) is 1. The molecule has 1 aromatic carbocycles. The second-order valence-electron chi connectivity index (χ2n) is 4.72. The third kappa shape index (κ3) is 3.62. The summed E-state index contributed by atoms with van der Waals surface area (Å²) in [6.45, 7) is 1.77. The van der Waals surface area contributed by atoms with Gasteiger partial charge in [-0.25, -0.2) is 9.78 Å². The Morgan fingerprint density at radius 2 is 2.09 bits per heavy atom. The molecule has 22 heavy (non-hydrogen) atoms. The van der Waals surface area contributed by atoms with Gasteiger partial charge in [-0.3, -0.25) is 4.79 Å². The summed E-state index contributed by atoms with van der Waals surface area (Å²) >= 11 is 3.18. The number of benzene rings is 1. The van der Waals surface area contributed by atoms with Gasteiger partial charge in [-0.2, -0.15) is 0 Å². The maximum atomic E-state index is 12.2. The van der Waals surface area contributed by atoms with Crippen molar-refractivity contribution < 1.29 is 14.7 Å². The van der Waals surface area contributed by atoms with Crippen LogP contribution in [0.25, 0.3) is 0 Å². The van der Waals surface area contributed by atoms with Gasteiger partial charge in [-0.05, 0) is 46.6 Å². The molecular formula is C15H14BrN3O3. The molecule has 1 aromatic heterocycles. The van der Waals surface area contributed by atoms with Crippen molar-refractivity contribution in [3.8, 4) is 0 Å². The molecule has 0 spiro atoms. The predicted molar refractivity (Wildman–Crippen MR) is 85.6 cm³/mol. The number of amides is 1. The number of aromatic carboxylic acids is 1. The van der Waals surface area contributed by atoms with E-state index in [-0.39, 0.29) is 23.1 Å². The van der Waals surface area contributed by atoms with E-state index in [1.807, 2.05) is 0 Å². The Hall–Kier alpha value is -2.41. The van der Waals surface area contributed by atoms with Crippen molar-refractivity contribution in [1.29, 1.82) is 0 Å². The predicted octanol–water partition coefficient (Wildman–Crippen LogP) is 2.62. The lowest BCUT2D eigenvalue weighted by molar-refractivity contribution is 0.0696. The Kier molecular flexibility index (Phi) is 4.77. The molecule has 1 heterocycles. The first-order valence-electron chi connectivity index (χ1n) is 6.43. The Morgan fingerprint density at radius 3 is 2.73 bits per heavy atom. The highest BCUT2D eigenvalue weighted by Crippen LogP contribution is 2.18. The Bertz CT molecular complexity index is 734. The lowest BCUT2D eigenvalue weighted by atomic mass is 10.0. The Morgan fingerprint density at radius 1 is 1.36 bits per heavy atom. The summed E-state index contributed by atoms with van der Waals surface area (Å²) in [7, 11) is 0. The molecule has 114 valence electrons. The highest BCUT2D eigenvalue weighted by molar-refractivity contribution is 9.10. The topological polar surface area (TPSA) is 105 Å². The number of hydrogen-bond donors (Lipinski definition) is 3. The van der Waals surface area contributed by atoms with E-state index in [1.54, 1.807) is 25.1 Å². The van der Waals surface area contributed by atoms with Gasteiger partial charge in [0.05, 0.1) is 17.2 Å². The monoisotopic (exact) mass is 363 g/mol. The number of aromatic nitrogens is 1. The maximum absolute atomic E-state index is 12.2. The van der Waals surface area contributed by atoms with E-state index in [1.165, 1.54) is 18.3 Å². The summed E-state index contributed by atoms with van der Waals surface area (Å²) in [6.07, 6.45) is 1.38. The minimum atomic E-state index is -1.01. The molecule has 1 unspecified atom stereocenters. The number of nitrogens with zero attached hydrogens (tertiary/aromatic N) is 1. The smallest absolute Gasteiger partial charge is 0.335 e. The first kappa shape index (κ1) is 16.0. The van der Waals surface area contributed by atoms with E-state index in [9.17, 15) is 9.59 Å². The van der Waals surface area contributed by atoms with Crippen molar-refractivity contribution in [2.75, 3.05) is 5.73 Å². The van der Waals surface area contributed by atoms with Crippen LogP contribution in [0.4, 0.5) is 5.69 Å². The molecule has 0 bridgehead atoms. The number of anilines is 1. The van der Waals surface area contributed by atoms with Crippen molar-refractivity contribution in [2.45, 2.75) is 13.0 Å². The third-order valence-corrected chi connectivity index (χ3v) is 3.56.